The van der Waals surface area contributed by atoms with Gasteiger partial charge < -0.3 is 11.1 Å². The van der Waals surface area contributed by atoms with E-state index in [1.54, 1.807) is 0 Å². The first kappa shape index (κ1) is 18.9. The van der Waals surface area contributed by atoms with Crippen molar-refractivity contribution < 1.29 is 4.79 Å². The highest BCUT2D eigenvalue weighted by Gasteiger charge is 2.15. The van der Waals surface area contributed by atoms with Gasteiger partial charge in [-0.1, -0.05) is 30.3 Å². The van der Waals surface area contributed by atoms with Crippen molar-refractivity contribution >= 4 is 18.3 Å². The molecule has 3 N–H and O–H groups in total. The van der Waals surface area contributed by atoms with E-state index in [4.69, 9.17) is 5.73 Å². The fraction of sp³-hybridized carbons (Fsp3) is 0.312. The minimum Gasteiger partial charge on any atom is -0.349 e. The third-order valence-corrected chi connectivity index (χ3v) is 2.98. The molecule has 0 saturated heterocycles. The van der Waals surface area contributed by atoms with Crippen LogP contribution in [0, 0.1) is 0 Å². The molecule has 2 aromatic rings. The van der Waals surface area contributed by atoms with E-state index in [-0.39, 0.29) is 29.6 Å². The molecule has 1 aromatic heterocycles. The van der Waals surface area contributed by atoms with Crippen LogP contribution >= 0.6 is 12.4 Å². The molecule has 0 unspecified atom stereocenters. The lowest BCUT2D eigenvalue weighted by Gasteiger charge is -2.18. The standard InChI is InChI=1S/C16H20N4O2.ClH/c1-16(2,17)11-18-15(22)13-8-9-14(21)20(19-13)10-12-6-4-3-5-7-12;/h3-9H,10-11,17H2,1-2H3,(H,18,22);1H. The minimum atomic E-state index is -0.506. The van der Waals surface area contributed by atoms with E-state index in [1.165, 1.54) is 16.8 Å². The number of hydrogen-bond donors (Lipinski definition) is 2. The summed E-state index contributed by atoms with van der Waals surface area (Å²) in [6, 6.07) is 12.2. The van der Waals surface area contributed by atoms with Gasteiger partial charge in [0.2, 0.25) is 0 Å². The SMILES string of the molecule is CC(C)(N)CNC(=O)c1ccc(=O)n(Cc2ccccc2)n1.Cl. The quantitative estimate of drug-likeness (QED) is 0.858. The summed E-state index contributed by atoms with van der Waals surface area (Å²) in [5, 5.41) is 6.83. The van der Waals surface area contributed by atoms with Crippen molar-refractivity contribution in [2.45, 2.75) is 25.9 Å². The molecule has 0 bridgehead atoms. The first-order chi connectivity index (χ1) is 10.3. The van der Waals surface area contributed by atoms with Gasteiger partial charge in [0.15, 0.2) is 0 Å². The van der Waals surface area contributed by atoms with E-state index in [9.17, 15) is 9.59 Å². The lowest BCUT2D eigenvalue weighted by Crippen LogP contribution is -2.45. The normalized spacial score (nSPS) is 10.7. The Bertz CT molecular complexity index is 708. The van der Waals surface area contributed by atoms with Crippen LogP contribution in [0.4, 0.5) is 0 Å². The number of nitrogens with zero attached hydrogens (tertiary/aromatic N) is 2. The molecule has 6 nitrogen and oxygen atoms in total. The highest BCUT2D eigenvalue weighted by molar-refractivity contribution is 5.92. The molecule has 0 aliphatic heterocycles. The van der Waals surface area contributed by atoms with E-state index < -0.39 is 5.54 Å². The number of halogens is 1. The third-order valence-electron chi connectivity index (χ3n) is 2.98. The molecule has 0 aliphatic rings. The summed E-state index contributed by atoms with van der Waals surface area (Å²) >= 11 is 0. The fourth-order valence-electron chi connectivity index (χ4n) is 1.84. The van der Waals surface area contributed by atoms with Crippen molar-refractivity contribution in [1.29, 1.82) is 0 Å². The molecule has 0 fully saturated rings. The lowest BCUT2D eigenvalue weighted by molar-refractivity contribution is 0.0938. The first-order valence-corrected chi connectivity index (χ1v) is 7.04. The van der Waals surface area contributed by atoms with Crippen LogP contribution in [0.3, 0.4) is 0 Å². The summed E-state index contributed by atoms with van der Waals surface area (Å²) in [5.41, 5.74) is 6.21. The maximum absolute atomic E-state index is 12.1. The van der Waals surface area contributed by atoms with Gasteiger partial charge in [-0.05, 0) is 25.5 Å². The molecule has 0 saturated carbocycles. The van der Waals surface area contributed by atoms with Crippen LogP contribution in [-0.4, -0.2) is 27.8 Å². The van der Waals surface area contributed by atoms with Crippen molar-refractivity contribution in [1.82, 2.24) is 15.1 Å². The molecule has 7 heteroatoms. The smallest absolute Gasteiger partial charge is 0.271 e. The van der Waals surface area contributed by atoms with E-state index in [2.05, 4.69) is 10.4 Å². The van der Waals surface area contributed by atoms with Crippen LogP contribution < -0.4 is 16.6 Å². The number of carbonyl (C=O) groups is 1. The summed E-state index contributed by atoms with van der Waals surface area (Å²) < 4.78 is 1.28. The predicted molar refractivity (Wildman–Crippen MR) is 91.9 cm³/mol. The zero-order chi connectivity index (χ0) is 16.2. The monoisotopic (exact) mass is 336 g/mol. The molecule has 2 rings (SSSR count). The number of benzene rings is 1. The van der Waals surface area contributed by atoms with Crippen LogP contribution in [0.15, 0.2) is 47.3 Å². The van der Waals surface area contributed by atoms with E-state index >= 15 is 0 Å². The first-order valence-electron chi connectivity index (χ1n) is 7.04. The molecular formula is C16H21ClN4O2. The average molecular weight is 337 g/mol. The lowest BCUT2D eigenvalue weighted by atomic mass is 10.1. The zero-order valence-electron chi connectivity index (χ0n) is 13.2. The van der Waals surface area contributed by atoms with Crippen molar-refractivity contribution in [2.24, 2.45) is 5.73 Å². The number of nitrogens with two attached hydrogens (primary N) is 1. The third kappa shape index (κ3) is 5.84. The molecule has 1 amide bonds. The second kappa shape index (κ2) is 7.89. The summed E-state index contributed by atoms with van der Waals surface area (Å²) in [7, 11) is 0. The van der Waals surface area contributed by atoms with E-state index in [0.717, 1.165) is 5.56 Å². The second-order valence-corrected chi connectivity index (χ2v) is 5.87. The summed E-state index contributed by atoms with van der Waals surface area (Å²) in [5.74, 6) is -0.347. The number of amides is 1. The average Bonchev–Trinajstić information content (AvgIpc) is 2.47. The Balaban J connectivity index is 0.00000264. The van der Waals surface area contributed by atoms with Gasteiger partial charge >= 0.3 is 0 Å². The Morgan fingerprint density at radius 3 is 2.48 bits per heavy atom. The predicted octanol–water partition coefficient (Wildman–Crippen LogP) is 1.18. The van der Waals surface area contributed by atoms with Gasteiger partial charge in [0.1, 0.15) is 5.69 Å². The van der Waals surface area contributed by atoms with E-state index in [1.807, 2.05) is 44.2 Å². The Morgan fingerprint density at radius 1 is 1.22 bits per heavy atom. The number of carbonyl (C=O) groups excluding carboxylic acids is 1. The molecule has 124 valence electrons. The second-order valence-electron chi connectivity index (χ2n) is 5.87. The van der Waals surface area contributed by atoms with Gasteiger partial charge in [-0.3, -0.25) is 9.59 Å². The Morgan fingerprint density at radius 2 is 1.87 bits per heavy atom. The highest BCUT2D eigenvalue weighted by Crippen LogP contribution is 2.01. The number of aromatic nitrogens is 2. The summed E-state index contributed by atoms with van der Waals surface area (Å²) in [6.45, 7) is 4.28. The molecule has 0 atom stereocenters. The van der Waals surface area contributed by atoms with Gasteiger partial charge in [-0.25, -0.2) is 4.68 Å². The van der Waals surface area contributed by atoms with Crippen LogP contribution in [0.1, 0.15) is 29.9 Å². The fourth-order valence-corrected chi connectivity index (χ4v) is 1.84. The maximum atomic E-state index is 12.1. The number of rotatable bonds is 5. The van der Waals surface area contributed by atoms with E-state index in [0.29, 0.717) is 13.1 Å². The topological polar surface area (TPSA) is 90.0 Å². The zero-order valence-corrected chi connectivity index (χ0v) is 14.0. The molecule has 23 heavy (non-hydrogen) atoms. The van der Waals surface area contributed by atoms with Crippen LogP contribution in [0.5, 0.6) is 0 Å². The van der Waals surface area contributed by atoms with Crippen LogP contribution in [0.25, 0.3) is 0 Å². The van der Waals surface area contributed by atoms with Crippen molar-refractivity contribution in [3.63, 3.8) is 0 Å². The van der Waals surface area contributed by atoms with Crippen LogP contribution in [0.2, 0.25) is 0 Å². The molecule has 1 heterocycles. The Kier molecular flexibility index (Phi) is 6.48. The van der Waals surface area contributed by atoms with Gasteiger partial charge in [-0.2, -0.15) is 5.10 Å². The van der Waals surface area contributed by atoms with Crippen molar-refractivity contribution in [3.8, 4) is 0 Å². The molecule has 0 radical (unpaired) electrons. The minimum absolute atomic E-state index is 0. The molecule has 1 aromatic carbocycles. The molecular weight excluding hydrogens is 316 g/mol. The summed E-state index contributed by atoms with van der Waals surface area (Å²) in [4.78, 5) is 23.9. The highest BCUT2D eigenvalue weighted by atomic mass is 35.5. The van der Waals surface area contributed by atoms with Gasteiger partial charge in [0.05, 0.1) is 6.54 Å². The van der Waals surface area contributed by atoms with Gasteiger partial charge in [0.25, 0.3) is 11.5 Å². The number of nitrogens with one attached hydrogen (secondary N) is 1. The molecule has 0 aliphatic carbocycles. The largest absolute Gasteiger partial charge is 0.349 e. The van der Waals surface area contributed by atoms with Crippen molar-refractivity contribution in [3.05, 3.63) is 64.1 Å². The van der Waals surface area contributed by atoms with Gasteiger partial charge in [0, 0.05) is 18.2 Å². The van der Waals surface area contributed by atoms with Crippen molar-refractivity contribution in [2.75, 3.05) is 6.54 Å². The summed E-state index contributed by atoms with van der Waals surface area (Å²) in [6.07, 6.45) is 0. The number of hydrogen-bond acceptors (Lipinski definition) is 4. The Hall–Kier alpha value is -2.18. The van der Waals surface area contributed by atoms with Gasteiger partial charge in [-0.15, -0.1) is 12.4 Å². The van der Waals surface area contributed by atoms with Crippen LogP contribution in [-0.2, 0) is 6.54 Å². The maximum Gasteiger partial charge on any atom is 0.271 e. The molecule has 0 spiro atoms. The Labute approximate surface area is 141 Å².